The quantitative estimate of drug-likeness (QED) is 0.445. The molecule has 15 heavy (non-hydrogen) atoms. The van der Waals surface area contributed by atoms with Crippen LogP contribution in [-0.4, -0.2) is 26.6 Å². The molecule has 0 spiro atoms. The number of rotatable bonds is 3. The number of hydrogen-bond donors (Lipinski definition) is 2. The normalized spacial score (nSPS) is 24.3. The number of carboxylic acid groups (broad SMARTS) is 1. The maximum absolute atomic E-state index is 10.6. The largest absolute Gasteiger partial charge is 0.492 e. The number of carboxylic acids is 1. The monoisotopic (exact) mass is 217 g/mol. The zero-order valence-electron chi connectivity index (χ0n) is 6.85. The molecule has 1 aliphatic rings. The Morgan fingerprint density at radius 1 is 1.47 bits per heavy atom. The number of hydrogen-bond acceptors (Lipinski definition) is 8. The van der Waals surface area contributed by atoms with E-state index in [2.05, 4.69) is 10.2 Å². The number of carbonyl (C=O) groups is 1. The maximum atomic E-state index is 10.6. The van der Waals surface area contributed by atoms with Crippen LogP contribution in [0.5, 0.6) is 0 Å². The predicted octanol–water partition coefficient (Wildman–Crippen LogP) is -1.09. The molecule has 0 aromatic carbocycles. The lowest BCUT2D eigenvalue weighted by molar-refractivity contribution is -0.543. The van der Waals surface area contributed by atoms with E-state index in [9.17, 15) is 25.0 Å². The Morgan fingerprint density at radius 2 is 2.00 bits per heavy atom. The van der Waals surface area contributed by atoms with Gasteiger partial charge in [-0.3, -0.25) is 10.1 Å². The topological polar surface area (TPSA) is 174 Å². The average molecular weight is 217 g/mol. The highest BCUT2D eigenvalue weighted by Gasteiger charge is 2.65. The van der Waals surface area contributed by atoms with Gasteiger partial charge in [-0.15, -0.1) is 0 Å². The van der Waals surface area contributed by atoms with E-state index in [1.807, 2.05) is 0 Å². The number of nitrogens with zero attached hydrogens (tertiary/aromatic N) is 4. The van der Waals surface area contributed by atoms with Crippen molar-refractivity contribution in [1.82, 2.24) is 0 Å². The summed E-state index contributed by atoms with van der Waals surface area (Å²) in [5.74, 6) is -3.17. The third-order valence-electron chi connectivity index (χ3n) is 1.64. The van der Waals surface area contributed by atoms with Crippen molar-refractivity contribution in [3.8, 4) is 0 Å². The molecular formula is C4H3N5O6. The lowest BCUT2D eigenvalue weighted by Crippen LogP contribution is -2.48. The van der Waals surface area contributed by atoms with Crippen molar-refractivity contribution in [1.29, 1.82) is 0 Å². The third kappa shape index (κ3) is 1.17. The molecule has 80 valence electrons. The Balaban J connectivity index is 3.41. The van der Waals surface area contributed by atoms with Gasteiger partial charge in [-0.1, -0.05) is 0 Å². The van der Waals surface area contributed by atoms with Gasteiger partial charge in [-0.05, 0) is 4.92 Å². The average Bonchev–Trinajstić information content (AvgIpc) is 2.43. The summed E-state index contributed by atoms with van der Waals surface area (Å²) in [6, 6.07) is 0. The molecule has 1 aliphatic heterocycles. The minimum Gasteiger partial charge on any atom is -0.474 e. The van der Waals surface area contributed by atoms with E-state index < -0.39 is 33.0 Å². The lowest BCUT2D eigenvalue weighted by Gasteiger charge is -2.07. The molecule has 0 aliphatic carbocycles. The van der Waals surface area contributed by atoms with Crippen molar-refractivity contribution in [2.24, 2.45) is 16.0 Å². The first kappa shape index (κ1) is 10.5. The Bertz CT molecular complexity index is 409. The highest BCUT2D eigenvalue weighted by Crippen LogP contribution is 2.29. The van der Waals surface area contributed by atoms with Gasteiger partial charge in [-0.25, -0.2) is 4.79 Å². The minimum atomic E-state index is -3.08. The molecule has 1 heterocycles. The Kier molecular flexibility index (Phi) is 2.08. The zero-order chi connectivity index (χ0) is 11.8. The molecule has 0 radical (unpaired) electrons. The first-order chi connectivity index (χ1) is 6.84. The van der Waals surface area contributed by atoms with Gasteiger partial charge in [0, 0.05) is 5.11 Å². The third-order valence-corrected chi connectivity index (χ3v) is 1.64. The van der Waals surface area contributed by atoms with Crippen LogP contribution in [-0.2, 0) is 4.79 Å². The fraction of sp³-hybridized carbons (Fsp3) is 0.250. The van der Waals surface area contributed by atoms with Gasteiger partial charge < -0.3 is 21.0 Å². The van der Waals surface area contributed by atoms with Crippen molar-refractivity contribution in [2.45, 2.75) is 5.66 Å². The highest BCUT2D eigenvalue weighted by atomic mass is 16.6. The molecule has 0 fully saturated rings. The van der Waals surface area contributed by atoms with Gasteiger partial charge in [0.05, 0.1) is 10.0 Å². The summed E-state index contributed by atoms with van der Waals surface area (Å²) < 4.78 is 0. The Labute approximate surface area is 80.2 Å². The second-order valence-electron chi connectivity index (χ2n) is 2.43. The van der Waals surface area contributed by atoms with Crippen LogP contribution >= 0.6 is 0 Å². The lowest BCUT2D eigenvalue weighted by atomic mass is 10.1. The summed E-state index contributed by atoms with van der Waals surface area (Å²) in [5, 5.41) is 34.8. The van der Waals surface area contributed by atoms with E-state index in [1.54, 1.807) is 0 Å². The smallest absolute Gasteiger partial charge is 0.474 e. The van der Waals surface area contributed by atoms with Crippen molar-refractivity contribution in [3.63, 3.8) is 0 Å². The molecular weight excluding hydrogens is 214 g/mol. The maximum Gasteiger partial charge on any atom is 0.492 e. The van der Waals surface area contributed by atoms with Gasteiger partial charge in [0.25, 0.3) is 0 Å². The van der Waals surface area contributed by atoms with Crippen LogP contribution in [0.3, 0.4) is 0 Å². The van der Waals surface area contributed by atoms with Gasteiger partial charge in [0.15, 0.2) is 0 Å². The molecule has 11 nitrogen and oxygen atoms in total. The summed E-state index contributed by atoms with van der Waals surface area (Å²) in [7, 11) is 0. The predicted molar refractivity (Wildman–Crippen MR) is 40.4 cm³/mol. The van der Waals surface area contributed by atoms with Crippen molar-refractivity contribution < 1.29 is 19.7 Å². The molecule has 0 saturated heterocycles. The van der Waals surface area contributed by atoms with E-state index in [0.717, 1.165) is 0 Å². The van der Waals surface area contributed by atoms with Crippen LogP contribution in [0.25, 0.3) is 0 Å². The summed E-state index contributed by atoms with van der Waals surface area (Å²) >= 11 is 0. The van der Waals surface area contributed by atoms with Crippen LogP contribution in [0.15, 0.2) is 21.7 Å². The van der Waals surface area contributed by atoms with Crippen LogP contribution in [0.4, 0.5) is 0 Å². The van der Waals surface area contributed by atoms with Crippen LogP contribution in [0, 0.1) is 20.2 Å². The van der Waals surface area contributed by atoms with Crippen molar-refractivity contribution in [2.75, 3.05) is 0 Å². The number of azo groups is 1. The van der Waals surface area contributed by atoms with Crippen molar-refractivity contribution in [3.05, 3.63) is 31.7 Å². The molecule has 11 heteroatoms. The summed E-state index contributed by atoms with van der Waals surface area (Å²) in [4.78, 5) is 28.8. The van der Waals surface area contributed by atoms with E-state index >= 15 is 0 Å². The molecule has 0 aromatic heterocycles. The Morgan fingerprint density at radius 3 is 2.20 bits per heavy atom. The second kappa shape index (κ2) is 2.97. The Hall–Kier alpha value is -2.59. The highest BCUT2D eigenvalue weighted by molar-refractivity contribution is 5.81. The van der Waals surface area contributed by atoms with Gasteiger partial charge in [-0.2, -0.15) is 0 Å². The first-order valence-electron chi connectivity index (χ1n) is 3.29. The van der Waals surface area contributed by atoms with E-state index in [1.165, 1.54) is 0 Å². The van der Waals surface area contributed by atoms with Gasteiger partial charge in [0.1, 0.15) is 0 Å². The van der Waals surface area contributed by atoms with E-state index in [4.69, 9.17) is 10.8 Å². The standard InChI is InChI=1S/C4H3N5O6/c5-1-2(8(12)13)6-7-4(1,3(10)11)9(14)15/h5H2,(H,10,11). The van der Waals surface area contributed by atoms with Crippen LogP contribution in [0.2, 0.25) is 0 Å². The fourth-order valence-corrected chi connectivity index (χ4v) is 0.889. The van der Waals surface area contributed by atoms with Crippen LogP contribution in [0.1, 0.15) is 0 Å². The number of nitrogens with two attached hydrogens (primary N) is 1. The summed E-state index contributed by atoms with van der Waals surface area (Å²) in [6.45, 7) is 0. The number of nitro groups is 2. The first-order valence-corrected chi connectivity index (χ1v) is 3.29. The van der Waals surface area contributed by atoms with E-state index in [0.29, 0.717) is 0 Å². The second-order valence-corrected chi connectivity index (χ2v) is 2.43. The molecule has 0 amide bonds. The summed E-state index contributed by atoms with van der Waals surface area (Å²) in [6.07, 6.45) is 0. The van der Waals surface area contributed by atoms with Gasteiger partial charge >= 0.3 is 17.5 Å². The summed E-state index contributed by atoms with van der Waals surface area (Å²) in [5.41, 5.74) is 0.788. The molecule has 1 rings (SSSR count). The zero-order valence-corrected chi connectivity index (χ0v) is 6.85. The molecule has 1 atom stereocenters. The molecule has 0 bridgehead atoms. The van der Waals surface area contributed by atoms with Crippen molar-refractivity contribution >= 4 is 5.97 Å². The molecule has 0 saturated carbocycles. The molecule has 0 aromatic rings. The minimum absolute atomic E-state index is 1.12. The van der Waals surface area contributed by atoms with E-state index in [-0.39, 0.29) is 0 Å². The molecule has 1 unspecified atom stereocenters. The SMILES string of the molecule is NC1=C([N+](=O)[O-])N=NC1(C(=O)O)[N+](=O)[O-]. The molecule has 3 N–H and O–H groups in total. The van der Waals surface area contributed by atoms with Crippen LogP contribution < -0.4 is 5.73 Å². The number of aliphatic carboxylic acids is 1. The fourth-order valence-electron chi connectivity index (χ4n) is 0.889. The van der Waals surface area contributed by atoms with Gasteiger partial charge in [0.2, 0.25) is 5.70 Å².